The van der Waals surface area contributed by atoms with E-state index in [0.29, 0.717) is 17.9 Å². The number of halogens is 2. The van der Waals surface area contributed by atoms with Gasteiger partial charge in [0.1, 0.15) is 18.2 Å². The van der Waals surface area contributed by atoms with Gasteiger partial charge < -0.3 is 4.74 Å². The van der Waals surface area contributed by atoms with Gasteiger partial charge >= 0.3 is 0 Å². The van der Waals surface area contributed by atoms with Crippen LogP contribution in [0.15, 0.2) is 48.5 Å². The van der Waals surface area contributed by atoms with Crippen molar-refractivity contribution >= 4 is 11.6 Å². The van der Waals surface area contributed by atoms with Crippen molar-refractivity contribution in [3.8, 4) is 5.75 Å². The molecule has 2 aromatic carbocycles. The molecule has 0 radical (unpaired) electrons. The summed E-state index contributed by atoms with van der Waals surface area (Å²) in [6, 6.07) is 14.2. The number of alkyl halides is 1. The Morgan fingerprint density at radius 2 is 1.82 bits per heavy atom. The van der Waals surface area contributed by atoms with Gasteiger partial charge in [-0.15, -0.1) is 11.6 Å². The molecule has 1 nitrogen and oxygen atoms in total. The molecule has 0 N–H and O–H groups in total. The molecule has 0 aromatic heterocycles. The predicted molar refractivity (Wildman–Crippen MR) is 66.7 cm³/mol. The van der Waals surface area contributed by atoms with Crippen molar-refractivity contribution in [1.82, 2.24) is 0 Å². The second-order valence-electron chi connectivity index (χ2n) is 3.66. The third kappa shape index (κ3) is 3.21. The summed E-state index contributed by atoms with van der Waals surface area (Å²) in [7, 11) is 0. The van der Waals surface area contributed by atoms with Crippen LogP contribution in [0.5, 0.6) is 5.75 Å². The quantitative estimate of drug-likeness (QED) is 0.741. The minimum Gasteiger partial charge on any atom is -0.489 e. The molecular formula is C14H12ClFO. The molecule has 0 amide bonds. The Morgan fingerprint density at radius 1 is 1.06 bits per heavy atom. The fraction of sp³-hybridized carbons (Fsp3) is 0.143. The highest BCUT2D eigenvalue weighted by Gasteiger charge is 2.04. The first-order valence-corrected chi connectivity index (χ1v) is 5.84. The summed E-state index contributed by atoms with van der Waals surface area (Å²) in [5.41, 5.74) is 1.74. The van der Waals surface area contributed by atoms with Gasteiger partial charge in [0.05, 0.1) is 5.88 Å². The molecule has 0 spiro atoms. The molecule has 0 heterocycles. The average Bonchev–Trinajstić information content (AvgIpc) is 2.38. The van der Waals surface area contributed by atoms with E-state index in [9.17, 15) is 4.39 Å². The molecule has 2 aromatic rings. The van der Waals surface area contributed by atoms with Crippen LogP contribution in [0.1, 0.15) is 11.1 Å². The van der Waals surface area contributed by atoms with Crippen LogP contribution in [0, 0.1) is 5.82 Å². The van der Waals surface area contributed by atoms with E-state index >= 15 is 0 Å². The molecule has 2 rings (SSSR count). The maximum atomic E-state index is 13.0. The van der Waals surface area contributed by atoms with Crippen LogP contribution in [0.2, 0.25) is 0 Å². The van der Waals surface area contributed by atoms with E-state index in [0.717, 1.165) is 5.56 Å². The minimum atomic E-state index is -0.298. The maximum absolute atomic E-state index is 13.0. The van der Waals surface area contributed by atoms with Gasteiger partial charge in [-0.2, -0.15) is 0 Å². The lowest BCUT2D eigenvalue weighted by atomic mass is 10.2. The lowest BCUT2D eigenvalue weighted by molar-refractivity contribution is 0.303. The number of benzene rings is 2. The zero-order valence-electron chi connectivity index (χ0n) is 9.20. The molecule has 0 aliphatic carbocycles. The Morgan fingerprint density at radius 3 is 2.53 bits per heavy atom. The zero-order valence-corrected chi connectivity index (χ0v) is 9.95. The smallest absolute Gasteiger partial charge is 0.124 e. The van der Waals surface area contributed by atoms with Crippen molar-refractivity contribution in [2.24, 2.45) is 0 Å². The van der Waals surface area contributed by atoms with E-state index in [1.165, 1.54) is 12.1 Å². The molecule has 0 aliphatic rings. The summed E-state index contributed by atoms with van der Waals surface area (Å²) < 4.78 is 18.6. The number of rotatable bonds is 4. The number of hydrogen-bond donors (Lipinski definition) is 0. The predicted octanol–water partition coefficient (Wildman–Crippen LogP) is 4.14. The van der Waals surface area contributed by atoms with Crippen LogP contribution in [0.4, 0.5) is 4.39 Å². The standard InChI is InChI=1S/C14H12ClFO/c15-9-12-8-13(16)6-7-14(12)17-10-11-4-2-1-3-5-11/h1-8H,9-10H2. The van der Waals surface area contributed by atoms with Crippen LogP contribution < -0.4 is 4.74 Å². The Kier molecular flexibility index (Phi) is 3.99. The van der Waals surface area contributed by atoms with Crippen LogP contribution in [-0.2, 0) is 12.5 Å². The first kappa shape index (κ1) is 11.9. The van der Waals surface area contributed by atoms with Crippen molar-refractivity contribution in [3.05, 3.63) is 65.5 Å². The molecule has 0 fully saturated rings. The van der Waals surface area contributed by atoms with Gasteiger partial charge in [0, 0.05) is 5.56 Å². The van der Waals surface area contributed by atoms with E-state index in [1.807, 2.05) is 30.3 Å². The van der Waals surface area contributed by atoms with Gasteiger partial charge in [0.2, 0.25) is 0 Å². The monoisotopic (exact) mass is 250 g/mol. The minimum absolute atomic E-state index is 0.238. The van der Waals surface area contributed by atoms with E-state index in [1.54, 1.807) is 6.07 Å². The zero-order chi connectivity index (χ0) is 12.1. The largest absolute Gasteiger partial charge is 0.489 e. The first-order valence-electron chi connectivity index (χ1n) is 5.30. The summed E-state index contributed by atoms with van der Waals surface area (Å²) in [4.78, 5) is 0. The van der Waals surface area contributed by atoms with E-state index in [-0.39, 0.29) is 11.7 Å². The first-order chi connectivity index (χ1) is 8.29. The second-order valence-corrected chi connectivity index (χ2v) is 3.93. The van der Waals surface area contributed by atoms with Gasteiger partial charge in [0.25, 0.3) is 0 Å². The van der Waals surface area contributed by atoms with Crippen LogP contribution in [0.3, 0.4) is 0 Å². The summed E-state index contributed by atoms with van der Waals surface area (Å²) in [6.45, 7) is 0.455. The van der Waals surface area contributed by atoms with Crippen molar-refractivity contribution < 1.29 is 9.13 Å². The maximum Gasteiger partial charge on any atom is 0.124 e. The van der Waals surface area contributed by atoms with Gasteiger partial charge in [0.15, 0.2) is 0 Å². The lowest BCUT2D eigenvalue weighted by Crippen LogP contribution is -1.98. The highest BCUT2D eigenvalue weighted by Crippen LogP contribution is 2.22. The summed E-state index contributed by atoms with van der Waals surface area (Å²) in [5, 5.41) is 0. The highest BCUT2D eigenvalue weighted by atomic mass is 35.5. The SMILES string of the molecule is Fc1ccc(OCc2ccccc2)c(CCl)c1. The Bertz CT molecular complexity index is 485. The van der Waals surface area contributed by atoms with E-state index in [4.69, 9.17) is 16.3 Å². The Labute approximate surface area is 105 Å². The summed E-state index contributed by atoms with van der Waals surface area (Å²) in [6.07, 6.45) is 0. The molecule has 0 saturated heterocycles. The van der Waals surface area contributed by atoms with Gasteiger partial charge in [-0.1, -0.05) is 30.3 Å². The fourth-order valence-electron chi connectivity index (χ4n) is 1.53. The average molecular weight is 251 g/mol. The van der Waals surface area contributed by atoms with E-state index in [2.05, 4.69) is 0 Å². The molecule has 88 valence electrons. The molecule has 0 atom stereocenters. The third-order valence-electron chi connectivity index (χ3n) is 2.40. The number of hydrogen-bond acceptors (Lipinski definition) is 1. The third-order valence-corrected chi connectivity index (χ3v) is 2.69. The topological polar surface area (TPSA) is 9.23 Å². The molecular weight excluding hydrogens is 239 g/mol. The van der Waals surface area contributed by atoms with Crippen molar-refractivity contribution in [2.75, 3.05) is 0 Å². The van der Waals surface area contributed by atoms with E-state index < -0.39 is 0 Å². The van der Waals surface area contributed by atoms with Crippen molar-refractivity contribution in [3.63, 3.8) is 0 Å². The van der Waals surface area contributed by atoms with Crippen LogP contribution in [0.25, 0.3) is 0 Å². The second kappa shape index (κ2) is 5.69. The van der Waals surface area contributed by atoms with Crippen LogP contribution in [-0.4, -0.2) is 0 Å². The Balaban J connectivity index is 2.09. The summed E-state index contributed by atoms with van der Waals surface area (Å²) in [5.74, 6) is 0.569. The number of ether oxygens (including phenoxy) is 1. The van der Waals surface area contributed by atoms with Gasteiger partial charge in [-0.25, -0.2) is 4.39 Å². The summed E-state index contributed by atoms with van der Waals surface area (Å²) >= 11 is 5.74. The molecule has 3 heteroatoms. The normalized spacial score (nSPS) is 10.2. The van der Waals surface area contributed by atoms with Crippen molar-refractivity contribution in [1.29, 1.82) is 0 Å². The van der Waals surface area contributed by atoms with Crippen LogP contribution >= 0.6 is 11.6 Å². The lowest BCUT2D eigenvalue weighted by Gasteiger charge is -2.10. The molecule has 0 unspecified atom stereocenters. The van der Waals surface area contributed by atoms with Gasteiger partial charge in [-0.3, -0.25) is 0 Å². The van der Waals surface area contributed by atoms with Gasteiger partial charge in [-0.05, 0) is 23.8 Å². The molecule has 17 heavy (non-hydrogen) atoms. The molecule has 0 aliphatic heterocycles. The Hall–Kier alpha value is -1.54. The fourth-order valence-corrected chi connectivity index (χ4v) is 1.74. The molecule has 0 bridgehead atoms. The highest BCUT2D eigenvalue weighted by molar-refractivity contribution is 6.17. The van der Waals surface area contributed by atoms with Crippen molar-refractivity contribution in [2.45, 2.75) is 12.5 Å². The molecule has 0 saturated carbocycles.